The third-order valence-electron chi connectivity index (χ3n) is 5.22. The van der Waals surface area contributed by atoms with E-state index in [0.29, 0.717) is 59.8 Å². The van der Waals surface area contributed by atoms with Crippen molar-refractivity contribution in [2.45, 2.75) is 20.1 Å². The maximum atomic E-state index is 13.0. The molecule has 0 spiro atoms. The lowest BCUT2D eigenvalue weighted by atomic mass is 10.1. The fourth-order valence-electron chi connectivity index (χ4n) is 3.43. The molecule has 0 unspecified atom stereocenters. The number of carbonyl (C=O) groups is 2. The first-order valence-electron chi connectivity index (χ1n) is 10.8. The van der Waals surface area contributed by atoms with Crippen molar-refractivity contribution < 1.29 is 19.1 Å². The molecule has 186 valence electrons. The van der Waals surface area contributed by atoms with E-state index in [2.05, 4.69) is 0 Å². The second-order valence-corrected chi connectivity index (χ2v) is 10.3. The zero-order valence-corrected chi connectivity index (χ0v) is 22.7. The third kappa shape index (κ3) is 6.13. The Morgan fingerprint density at radius 3 is 2.33 bits per heavy atom. The van der Waals surface area contributed by atoms with Crippen LogP contribution >= 0.6 is 58.2 Å². The molecule has 0 radical (unpaired) electrons. The molecule has 0 bridgehead atoms. The number of hydrogen-bond acceptors (Lipinski definition) is 5. The van der Waals surface area contributed by atoms with Crippen molar-refractivity contribution in [2.24, 2.45) is 0 Å². The van der Waals surface area contributed by atoms with Crippen LogP contribution in [0.2, 0.25) is 20.1 Å². The molecule has 1 aliphatic rings. The zero-order chi connectivity index (χ0) is 25.8. The van der Waals surface area contributed by atoms with Gasteiger partial charge in [-0.3, -0.25) is 14.5 Å². The highest BCUT2D eigenvalue weighted by Crippen LogP contribution is 2.37. The Morgan fingerprint density at radius 1 is 0.889 bits per heavy atom. The van der Waals surface area contributed by atoms with Gasteiger partial charge in [-0.2, -0.15) is 0 Å². The molecule has 0 atom stereocenters. The van der Waals surface area contributed by atoms with Crippen LogP contribution in [0.3, 0.4) is 0 Å². The molecule has 0 saturated carbocycles. The number of benzene rings is 3. The first-order valence-corrected chi connectivity index (χ1v) is 13.1. The topological polar surface area (TPSA) is 55.8 Å². The van der Waals surface area contributed by atoms with Crippen molar-refractivity contribution in [3.63, 3.8) is 0 Å². The number of thioether (sulfide) groups is 1. The van der Waals surface area contributed by atoms with Crippen LogP contribution in [0, 0.1) is 0 Å². The molecule has 0 aliphatic carbocycles. The van der Waals surface area contributed by atoms with Gasteiger partial charge in [0.2, 0.25) is 0 Å². The van der Waals surface area contributed by atoms with Crippen LogP contribution in [0.15, 0.2) is 59.5 Å². The van der Waals surface area contributed by atoms with Gasteiger partial charge in [0.05, 0.1) is 18.1 Å². The van der Waals surface area contributed by atoms with Crippen LogP contribution in [0.5, 0.6) is 11.5 Å². The van der Waals surface area contributed by atoms with Crippen LogP contribution in [0.4, 0.5) is 4.79 Å². The number of ether oxygens (including phenoxy) is 2. The van der Waals surface area contributed by atoms with Gasteiger partial charge in [0.15, 0.2) is 11.5 Å². The Balaban J connectivity index is 1.53. The maximum absolute atomic E-state index is 13.0. The molecule has 1 saturated heterocycles. The normalized spacial score (nSPS) is 14.6. The fraction of sp³-hybridized carbons (Fsp3) is 0.154. The summed E-state index contributed by atoms with van der Waals surface area (Å²) in [4.78, 5) is 27.0. The summed E-state index contributed by atoms with van der Waals surface area (Å²) in [5.74, 6) is 0.583. The van der Waals surface area contributed by atoms with Crippen LogP contribution in [-0.4, -0.2) is 22.7 Å². The zero-order valence-electron chi connectivity index (χ0n) is 18.9. The predicted octanol–water partition coefficient (Wildman–Crippen LogP) is 8.51. The fourth-order valence-corrected chi connectivity index (χ4v) is 5.24. The highest BCUT2D eigenvalue weighted by atomic mass is 35.5. The molecule has 3 aromatic rings. The highest BCUT2D eigenvalue weighted by molar-refractivity contribution is 8.18. The standard InChI is InChI=1S/C26H19Cl4NO4S/c1-2-34-23-10-15(6-9-22(23)35-14-18-19(28)4-3-5-20(18)29)11-24-25(32)31(26(33)36-24)13-16-7-8-17(27)12-21(16)30/h3-12H,2,13-14H2,1H3/b24-11-. The van der Waals surface area contributed by atoms with Crippen molar-refractivity contribution in [1.82, 2.24) is 4.90 Å². The number of rotatable bonds is 8. The smallest absolute Gasteiger partial charge is 0.293 e. The van der Waals surface area contributed by atoms with E-state index in [4.69, 9.17) is 55.9 Å². The molecule has 10 heteroatoms. The van der Waals surface area contributed by atoms with Gasteiger partial charge in [0.1, 0.15) is 6.61 Å². The summed E-state index contributed by atoms with van der Waals surface area (Å²) >= 11 is 25.5. The van der Waals surface area contributed by atoms with Gasteiger partial charge >= 0.3 is 0 Å². The van der Waals surface area contributed by atoms with E-state index >= 15 is 0 Å². The van der Waals surface area contributed by atoms with Gasteiger partial charge in [0, 0.05) is 25.7 Å². The number of hydrogen-bond donors (Lipinski definition) is 0. The van der Waals surface area contributed by atoms with Crippen molar-refractivity contribution in [2.75, 3.05) is 6.61 Å². The van der Waals surface area contributed by atoms with Gasteiger partial charge in [0.25, 0.3) is 11.1 Å². The van der Waals surface area contributed by atoms with E-state index in [1.54, 1.807) is 60.7 Å². The minimum Gasteiger partial charge on any atom is -0.490 e. The molecule has 36 heavy (non-hydrogen) atoms. The van der Waals surface area contributed by atoms with E-state index in [-0.39, 0.29) is 18.4 Å². The molecule has 2 amide bonds. The Bertz CT molecular complexity index is 1340. The van der Waals surface area contributed by atoms with Crippen molar-refractivity contribution in [3.05, 3.63) is 96.3 Å². The highest BCUT2D eigenvalue weighted by Gasteiger charge is 2.35. The molecular formula is C26H19Cl4NO4S. The van der Waals surface area contributed by atoms with Crippen LogP contribution in [0.25, 0.3) is 6.08 Å². The lowest BCUT2D eigenvalue weighted by Crippen LogP contribution is -2.27. The number of nitrogens with zero attached hydrogens (tertiary/aromatic N) is 1. The minimum atomic E-state index is -0.400. The molecule has 3 aromatic carbocycles. The average molecular weight is 583 g/mol. The van der Waals surface area contributed by atoms with Gasteiger partial charge in [-0.25, -0.2) is 0 Å². The molecule has 1 heterocycles. The lowest BCUT2D eigenvalue weighted by Gasteiger charge is -2.14. The molecule has 0 aromatic heterocycles. The van der Waals surface area contributed by atoms with Gasteiger partial charge in [-0.05, 0) is 72.3 Å². The Morgan fingerprint density at radius 2 is 1.64 bits per heavy atom. The van der Waals surface area contributed by atoms with Gasteiger partial charge < -0.3 is 9.47 Å². The molecule has 1 aliphatic heterocycles. The Labute approximate surface area is 232 Å². The van der Waals surface area contributed by atoms with E-state index in [0.717, 1.165) is 16.7 Å². The molecule has 1 fully saturated rings. The number of halogens is 4. The summed E-state index contributed by atoms with van der Waals surface area (Å²) in [5, 5.41) is 1.50. The van der Waals surface area contributed by atoms with Crippen LogP contribution < -0.4 is 9.47 Å². The van der Waals surface area contributed by atoms with Crippen molar-refractivity contribution in [1.29, 1.82) is 0 Å². The summed E-state index contributed by atoms with van der Waals surface area (Å²) < 4.78 is 11.7. The van der Waals surface area contributed by atoms with Crippen molar-refractivity contribution in [3.8, 4) is 11.5 Å². The van der Waals surface area contributed by atoms with Crippen LogP contribution in [0.1, 0.15) is 23.6 Å². The summed E-state index contributed by atoms with van der Waals surface area (Å²) in [6, 6.07) is 15.4. The van der Waals surface area contributed by atoms with Gasteiger partial charge in [-0.15, -0.1) is 0 Å². The summed E-state index contributed by atoms with van der Waals surface area (Å²) in [7, 11) is 0. The lowest BCUT2D eigenvalue weighted by molar-refractivity contribution is -0.123. The summed E-state index contributed by atoms with van der Waals surface area (Å²) in [6.45, 7) is 2.48. The number of carbonyl (C=O) groups excluding carboxylic acids is 2. The first-order chi connectivity index (χ1) is 17.3. The quantitative estimate of drug-likeness (QED) is 0.249. The second kappa shape index (κ2) is 11.8. The largest absolute Gasteiger partial charge is 0.490 e. The van der Waals surface area contributed by atoms with E-state index in [1.165, 1.54) is 0 Å². The second-order valence-electron chi connectivity index (χ2n) is 7.63. The Kier molecular flexibility index (Phi) is 8.75. The van der Waals surface area contributed by atoms with E-state index < -0.39 is 5.91 Å². The first kappa shape index (κ1) is 26.7. The maximum Gasteiger partial charge on any atom is 0.293 e. The Hall–Kier alpha value is -2.35. The van der Waals surface area contributed by atoms with E-state index in [9.17, 15) is 9.59 Å². The number of amides is 2. The molecule has 0 N–H and O–H groups in total. The monoisotopic (exact) mass is 581 g/mol. The predicted molar refractivity (Wildman–Crippen MR) is 146 cm³/mol. The summed E-state index contributed by atoms with van der Waals surface area (Å²) in [6.07, 6.45) is 1.64. The van der Waals surface area contributed by atoms with Crippen LogP contribution in [-0.2, 0) is 17.9 Å². The van der Waals surface area contributed by atoms with Crippen molar-refractivity contribution >= 4 is 75.4 Å². The number of imide groups is 1. The minimum absolute atomic E-state index is 0.0551. The SMILES string of the molecule is CCOc1cc(/C=C2\SC(=O)N(Cc3ccc(Cl)cc3Cl)C2=O)ccc1OCc1c(Cl)cccc1Cl. The summed E-state index contributed by atoms with van der Waals surface area (Å²) in [5.41, 5.74) is 1.97. The molecule has 5 nitrogen and oxygen atoms in total. The van der Waals surface area contributed by atoms with E-state index in [1.807, 2.05) is 6.92 Å². The molecular weight excluding hydrogens is 564 g/mol. The third-order valence-corrected chi connectivity index (χ3v) is 7.42. The molecule has 4 rings (SSSR count). The van der Waals surface area contributed by atoms with Gasteiger partial charge in [-0.1, -0.05) is 64.6 Å². The average Bonchev–Trinajstić information content (AvgIpc) is 3.09.